The Morgan fingerprint density at radius 1 is 0.857 bits per heavy atom. The molecule has 0 aliphatic rings. The third-order valence-corrected chi connectivity index (χ3v) is 6.71. The highest BCUT2D eigenvalue weighted by molar-refractivity contribution is 6.07. The van der Waals surface area contributed by atoms with Gasteiger partial charge in [-0.2, -0.15) is 0 Å². The third kappa shape index (κ3) is 6.52. The van der Waals surface area contributed by atoms with Crippen molar-refractivity contribution in [2.45, 2.75) is 52.9 Å². The van der Waals surface area contributed by atoms with E-state index in [1.165, 1.54) is 35.8 Å². The van der Waals surface area contributed by atoms with Gasteiger partial charge in [-0.1, -0.05) is 57.9 Å². The average Bonchev–Trinajstić information content (AvgIpc) is 3.26. The van der Waals surface area contributed by atoms with Gasteiger partial charge in [-0.05, 0) is 86.0 Å². The summed E-state index contributed by atoms with van der Waals surface area (Å²) < 4.78 is 5.96. The molecule has 4 aromatic rings. The second-order valence-electron chi connectivity index (χ2n) is 9.17. The molecule has 0 atom stereocenters. The van der Waals surface area contributed by atoms with Crippen LogP contribution in [-0.4, -0.2) is 41.1 Å². The lowest BCUT2D eigenvalue weighted by Crippen LogP contribution is -2.25. The number of fused-ring (bicyclic) bond motifs is 3. The molecule has 2 heterocycles. The zero-order chi connectivity index (χ0) is 24.5. The number of rotatable bonds is 13. The van der Waals surface area contributed by atoms with E-state index in [0.717, 1.165) is 67.1 Å². The topological polar surface area (TPSA) is 41.1 Å². The zero-order valence-corrected chi connectivity index (χ0v) is 21.5. The summed E-state index contributed by atoms with van der Waals surface area (Å²) in [7, 11) is 0. The Labute approximate surface area is 210 Å². The van der Waals surface area contributed by atoms with Crippen LogP contribution in [0.4, 0.5) is 0 Å². The molecule has 2 aromatic carbocycles. The molecule has 0 fully saturated rings. The number of allylic oxidation sites excluding steroid dienone is 1. The summed E-state index contributed by atoms with van der Waals surface area (Å²) in [5.74, 6) is 0.931. The van der Waals surface area contributed by atoms with E-state index in [0.29, 0.717) is 0 Å². The van der Waals surface area contributed by atoms with Crippen molar-refractivity contribution in [3.05, 3.63) is 66.4 Å². The first-order valence-electron chi connectivity index (χ1n) is 13.3. The van der Waals surface area contributed by atoms with Crippen LogP contribution in [0.25, 0.3) is 39.1 Å². The summed E-state index contributed by atoms with van der Waals surface area (Å²) in [6.07, 6.45) is 10.3. The van der Waals surface area contributed by atoms with Crippen LogP contribution in [0.5, 0.6) is 5.75 Å². The molecule has 4 heteroatoms. The molecule has 0 aliphatic heterocycles. The van der Waals surface area contributed by atoms with Crippen LogP contribution in [0.3, 0.4) is 0 Å². The van der Waals surface area contributed by atoms with Gasteiger partial charge in [0, 0.05) is 22.8 Å². The van der Waals surface area contributed by atoms with Crippen LogP contribution in [0, 0.1) is 0 Å². The van der Waals surface area contributed by atoms with E-state index in [9.17, 15) is 0 Å². The second-order valence-corrected chi connectivity index (χ2v) is 9.17. The third-order valence-electron chi connectivity index (χ3n) is 6.71. The molecule has 0 radical (unpaired) electrons. The molecule has 0 bridgehead atoms. The lowest BCUT2D eigenvalue weighted by atomic mass is 10.0. The molecular weight excluding hydrogens is 430 g/mol. The first kappa shape index (κ1) is 25.0. The normalized spacial score (nSPS) is 11.9. The van der Waals surface area contributed by atoms with Crippen LogP contribution in [0.1, 0.15) is 58.6 Å². The quantitative estimate of drug-likeness (QED) is 0.201. The Morgan fingerprint density at radius 2 is 1.66 bits per heavy atom. The van der Waals surface area contributed by atoms with E-state index in [1.807, 2.05) is 0 Å². The molecule has 2 aromatic heterocycles. The highest BCUT2D eigenvalue weighted by Crippen LogP contribution is 2.30. The predicted molar refractivity (Wildman–Crippen MR) is 150 cm³/mol. The number of nitrogens with zero attached hydrogens (tertiary/aromatic N) is 2. The Morgan fingerprint density at radius 3 is 2.43 bits per heavy atom. The Balaban J connectivity index is 1.43. The molecule has 0 amide bonds. The van der Waals surface area contributed by atoms with E-state index in [2.05, 4.69) is 97.4 Å². The van der Waals surface area contributed by atoms with Crippen molar-refractivity contribution in [3.63, 3.8) is 0 Å². The van der Waals surface area contributed by atoms with Gasteiger partial charge in [0.15, 0.2) is 0 Å². The van der Waals surface area contributed by atoms with Crippen molar-refractivity contribution >= 4 is 28.0 Å². The van der Waals surface area contributed by atoms with E-state index < -0.39 is 0 Å². The fourth-order valence-corrected chi connectivity index (χ4v) is 4.54. The van der Waals surface area contributed by atoms with Gasteiger partial charge < -0.3 is 14.6 Å². The molecule has 0 saturated carbocycles. The lowest BCUT2D eigenvalue weighted by Gasteiger charge is -2.17. The molecule has 1 N–H and O–H groups in total. The molecule has 0 spiro atoms. The summed E-state index contributed by atoms with van der Waals surface area (Å²) in [5.41, 5.74) is 5.46. The number of aromatic amines is 1. The SMILES string of the molecule is CCCCC/C=C/c1ccc2c(n1)[nH]c1ccc(-c3ccc(OCCCN(CC)CC)cc3)cc12. The van der Waals surface area contributed by atoms with Gasteiger partial charge >= 0.3 is 0 Å². The number of ether oxygens (including phenoxy) is 1. The van der Waals surface area contributed by atoms with Crippen molar-refractivity contribution in [2.24, 2.45) is 0 Å². The van der Waals surface area contributed by atoms with E-state index in [1.54, 1.807) is 0 Å². The van der Waals surface area contributed by atoms with Crippen LogP contribution in [-0.2, 0) is 0 Å². The van der Waals surface area contributed by atoms with Gasteiger partial charge in [0.05, 0.1) is 12.3 Å². The smallest absolute Gasteiger partial charge is 0.139 e. The van der Waals surface area contributed by atoms with E-state index in [4.69, 9.17) is 9.72 Å². The van der Waals surface area contributed by atoms with Crippen molar-refractivity contribution in [1.29, 1.82) is 0 Å². The van der Waals surface area contributed by atoms with Crippen molar-refractivity contribution in [1.82, 2.24) is 14.9 Å². The Kier molecular flexibility index (Phi) is 8.96. The number of unbranched alkanes of at least 4 members (excludes halogenated alkanes) is 3. The zero-order valence-electron chi connectivity index (χ0n) is 21.5. The van der Waals surface area contributed by atoms with E-state index in [-0.39, 0.29) is 0 Å². The summed E-state index contributed by atoms with van der Waals surface area (Å²) >= 11 is 0. The van der Waals surface area contributed by atoms with Crippen molar-refractivity contribution in [3.8, 4) is 16.9 Å². The van der Waals surface area contributed by atoms with Crippen molar-refractivity contribution in [2.75, 3.05) is 26.2 Å². The summed E-state index contributed by atoms with van der Waals surface area (Å²) in [4.78, 5) is 10.8. The summed E-state index contributed by atoms with van der Waals surface area (Å²) in [5, 5.41) is 2.37. The lowest BCUT2D eigenvalue weighted by molar-refractivity contribution is 0.249. The first-order chi connectivity index (χ1) is 17.2. The van der Waals surface area contributed by atoms with Gasteiger partial charge in [-0.3, -0.25) is 0 Å². The molecule has 0 unspecified atom stereocenters. The maximum absolute atomic E-state index is 5.96. The highest BCUT2D eigenvalue weighted by Gasteiger charge is 2.08. The molecule has 4 rings (SSSR count). The molecule has 0 aliphatic carbocycles. The minimum atomic E-state index is 0.750. The number of hydrogen-bond acceptors (Lipinski definition) is 3. The highest BCUT2D eigenvalue weighted by atomic mass is 16.5. The Hall–Kier alpha value is -3.11. The summed E-state index contributed by atoms with van der Waals surface area (Å²) in [6, 6.07) is 19.3. The number of H-pyrrole nitrogens is 1. The van der Waals surface area contributed by atoms with Crippen LogP contribution in [0.15, 0.2) is 60.7 Å². The monoisotopic (exact) mass is 469 g/mol. The summed E-state index contributed by atoms with van der Waals surface area (Å²) in [6.45, 7) is 10.7. The number of pyridine rings is 1. The maximum Gasteiger partial charge on any atom is 0.139 e. The molecule has 35 heavy (non-hydrogen) atoms. The maximum atomic E-state index is 5.96. The second kappa shape index (κ2) is 12.6. The fraction of sp³-hybridized carbons (Fsp3) is 0.387. The van der Waals surface area contributed by atoms with Gasteiger partial charge in [0.2, 0.25) is 0 Å². The van der Waals surface area contributed by atoms with E-state index >= 15 is 0 Å². The number of aromatic nitrogens is 2. The Bertz CT molecular complexity index is 1240. The first-order valence-corrected chi connectivity index (χ1v) is 13.3. The predicted octanol–water partition coefficient (Wildman–Crippen LogP) is 8.09. The largest absolute Gasteiger partial charge is 0.494 e. The molecule has 4 nitrogen and oxygen atoms in total. The van der Waals surface area contributed by atoms with Gasteiger partial charge in [-0.15, -0.1) is 0 Å². The molecule has 184 valence electrons. The van der Waals surface area contributed by atoms with Crippen LogP contribution < -0.4 is 4.74 Å². The van der Waals surface area contributed by atoms with Gasteiger partial charge in [-0.25, -0.2) is 4.98 Å². The molecular formula is C31H39N3O. The fourth-order valence-electron chi connectivity index (χ4n) is 4.54. The van der Waals surface area contributed by atoms with Crippen LogP contribution >= 0.6 is 0 Å². The van der Waals surface area contributed by atoms with Crippen molar-refractivity contribution < 1.29 is 4.74 Å². The standard InChI is InChI=1S/C31H39N3O/c1-4-7-8-9-10-12-26-16-19-28-29-23-25(15-20-30(29)33-31(28)32-26)24-13-17-27(18-14-24)35-22-11-21-34(5-2)6-3/h10,12-20,23H,4-9,11,21-22H2,1-3H3,(H,32,33)/b12-10+. The number of hydrogen-bond donors (Lipinski definition) is 1. The van der Waals surface area contributed by atoms with Crippen LogP contribution in [0.2, 0.25) is 0 Å². The van der Waals surface area contributed by atoms with Gasteiger partial charge in [0.1, 0.15) is 11.4 Å². The average molecular weight is 470 g/mol. The van der Waals surface area contributed by atoms with Gasteiger partial charge in [0.25, 0.3) is 0 Å². The number of nitrogens with one attached hydrogen (secondary N) is 1. The number of benzene rings is 2. The molecule has 0 saturated heterocycles. The minimum absolute atomic E-state index is 0.750. The minimum Gasteiger partial charge on any atom is -0.494 e.